The molecule has 5 nitrogen and oxygen atoms in total. The Balaban J connectivity index is 1.23. The molecule has 31 heavy (non-hydrogen) atoms. The van der Waals surface area contributed by atoms with Gasteiger partial charge in [0.2, 0.25) is 0 Å². The number of thioether (sulfide) groups is 1. The Labute approximate surface area is 189 Å². The van der Waals surface area contributed by atoms with Crippen LogP contribution in [0.15, 0.2) is 77.3 Å². The number of carbonyl (C=O) groups is 1. The van der Waals surface area contributed by atoms with E-state index in [2.05, 4.69) is 37.6 Å². The molecular weight excluding hydrogens is 424 g/mol. The highest BCUT2D eigenvalue weighted by Gasteiger charge is 2.29. The number of benzene rings is 2. The van der Waals surface area contributed by atoms with Gasteiger partial charge in [-0.2, -0.15) is 0 Å². The van der Waals surface area contributed by atoms with Crippen LogP contribution in [0.3, 0.4) is 0 Å². The number of nitrogens with one attached hydrogen (secondary N) is 1. The van der Waals surface area contributed by atoms with Crippen LogP contribution in [-0.4, -0.2) is 20.7 Å². The number of hydrogen-bond acceptors (Lipinski definition) is 5. The highest BCUT2D eigenvalue weighted by atomic mass is 32.2. The summed E-state index contributed by atoms with van der Waals surface area (Å²) in [5.74, 6) is 1.75. The van der Waals surface area contributed by atoms with Gasteiger partial charge in [0.15, 0.2) is 5.16 Å². The van der Waals surface area contributed by atoms with Gasteiger partial charge in [-0.05, 0) is 54.1 Å². The second-order valence-corrected chi connectivity index (χ2v) is 9.54. The molecule has 4 aromatic rings. The van der Waals surface area contributed by atoms with Crippen molar-refractivity contribution in [2.24, 2.45) is 0 Å². The molecule has 0 atom stereocenters. The molecule has 1 aliphatic carbocycles. The molecule has 0 bridgehead atoms. The Kier molecular flexibility index (Phi) is 5.86. The van der Waals surface area contributed by atoms with E-state index in [1.165, 1.54) is 17.7 Å². The normalized spacial score (nSPS) is 13.3. The van der Waals surface area contributed by atoms with E-state index in [0.717, 1.165) is 34.4 Å². The first kappa shape index (κ1) is 20.0. The highest BCUT2D eigenvalue weighted by molar-refractivity contribution is 7.98. The molecule has 0 saturated heterocycles. The molecule has 0 aliphatic heterocycles. The van der Waals surface area contributed by atoms with E-state index in [0.29, 0.717) is 11.6 Å². The molecule has 1 amide bonds. The van der Waals surface area contributed by atoms with Crippen molar-refractivity contribution in [3.63, 3.8) is 0 Å². The molecule has 0 radical (unpaired) electrons. The predicted molar refractivity (Wildman–Crippen MR) is 126 cm³/mol. The van der Waals surface area contributed by atoms with Gasteiger partial charge in [0, 0.05) is 34.3 Å². The van der Waals surface area contributed by atoms with Gasteiger partial charge < -0.3 is 9.88 Å². The summed E-state index contributed by atoms with van der Waals surface area (Å²) in [6, 6.07) is 22.0. The van der Waals surface area contributed by atoms with Gasteiger partial charge >= 0.3 is 0 Å². The van der Waals surface area contributed by atoms with Crippen LogP contribution in [0.5, 0.6) is 0 Å². The fourth-order valence-electron chi connectivity index (χ4n) is 3.42. The van der Waals surface area contributed by atoms with E-state index in [1.54, 1.807) is 23.1 Å². The van der Waals surface area contributed by atoms with Gasteiger partial charge in [-0.15, -0.1) is 21.5 Å². The molecule has 2 aromatic heterocycles. The monoisotopic (exact) mass is 446 g/mol. The minimum atomic E-state index is -0.0999. The number of thiophene rings is 1. The summed E-state index contributed by atoms with van der Waals surface area (Å²) in [5, 5.41) is 15.0. The molecule has 1 fully saturated rings. The molecule has 0 spiro atoms. The van der Waals surface area contributed by atoms with E-state index in [1.807, 2.05) is 54.6 Å². The summed E-state index contributed by atoms with van der Waals surface area (Å²) >= 11 is 3.47. The lowest BCUT2D eigenvalue weighted by molar-refractivity contribution is 0.102. The smallest absolute Gasteiger partial charge is 0.255 e. The van der Waals surface area contributed by atoms with Gasteiger partial charge in [-0.1, -0.05) is 48.2 Å². The maximum absolute atomic E-state index is 12.4. The van der Waals surface area contributed by atoms with Crippen LogP contribution >= 0.6 is 23.1 Å². The summed E-state index contributed by atoms with van der Waals surface area (Å²) < 4.78 is 2.33. The fraction of sp³-hybridized carbons (Fsp3) is 0.208. The molecule has 2 heterocycles. The van der Waals surface area contributed by atoms with E-state index < -0.39 is 0 Å². The molecule has 1 aliphatic rings. The van der Waals surface area contributed by atoms with Crippen LogP contribution < -0.4 is 5.32 Å². The summed E-state index contributed by atoms with van der Waals surface area (Å²) in [6.07, 6.45) is 3.25. The van der Waals surface area contributed by atoms with Crippen LogP contribution in [0, 0.1) is 0 Å². The van der Waals surface area contributed by atoms with Crippen molar-refractivity contribution >= 4 is 34.7 Å². The van der Waals surface area contributed by atoms with Crippen LogP contribution in [0.1, 0.15) is 45.5 Å². The van der Waals surface area contributed by atoms with Crippen LogP contribution in [0.2, 0.25) is 0 Å². The van der Waals surface area contributed by atoms with Crippen LogP contribution in [0.25, 0.3) is 0 Å². The Bertz CT molecular complexity index is 1150. The Morgan fingerprint density at radius 1 is 1.03 bits per heavy atom. The van der Waals surface area contributed by atoms with E-state index in [-0.39, 0.29) is 5.91 Å². The van der Waals surface area contributed by atoms with Crippen molar-refractivity contribution < 1.29 is 4.79 Å². The molecule has 1 N–H and O–H groups in total. The number of rotatable bonds is 8. The highest BCUT2D eigenvalue weighted by Crippen LogP contribution is 2.39. The van der Waals surface area contributed by atoms with Crippen molar-refractivity contribution in [3.8, 4) is 0 Å². The van der Waals surface area contributed by atoms with Gasteiger partial charge in [0.1, 0.15) is 5.82 Å². The average Bonchev–Trinajstić information content (AvgIpc) is 3.35. The van der Waals surface area contributed by atoms with Crippen LogP contribution in [0.4, 0.5) is 5.69 Å². The van der Waals surface area contributed by atoms with Crippen molar-refractivity contribution in [1.29, 1.82) is 0 Å². The van der Waals surface area contributed by atoms with E-state index in [4.69, 9.17) is 0 Å². The summed E-state index contributed by atoms with van der Waals surface area (Å²) in [6.45, 7) is 0. The molecule has 5 rings (SSSR count). The van der Waals surface area contributed by atoms with Crippen molar-refractivity contribution in [1.82, 2.24) is 14.8 Å². The Hall–Kier alpha value is -2.90. The summed E-state index contributed by atoms with van der Waals surface area (Å²) in [7, 11) is 0. The zero-order valence-corrected chi connectivity index (χ0v) is 18.5. The molecule has 2 aromatic carbocycles. The summed E-state index contributed by atoms with van der Waals surface area (Å²) in [4.78, 5) is 13.7. The van der Waals surface area contributed by atoms with E-state index >= 15 is 0 Å². The quantitative estimate of drug-likeness (QED) is 0.347. The fourth-order valence-corrected chi connectivity index (χ4v) is 5.10. The van der Waals surface area contributed by atoms with Crippen molar-refractivity contribution in [2.75, 3.05) is 5.32 Å². The number of aromatic nitrogens is 3. The summed E-state index contributed by atoms with van der Waals surface area (Å²) in [5.41, 5.74) is 2.60. The Morgan fingerprint density at radius 3 is 2.55 bits per heavy atom. The third kappa shape index (κ3) is 4.89. The largest absolute Gasteiger partial charge is 0.322 e. The second-order valence-electron chi connectivity index (χ2n) is 7.56. The predicted octanol–water partition coefficient (Wildman–Crippen LogP) is 5.81. The number of para-hydroxylation sites is 1. The molecule has 0 unspecified atom stereocenters. The minimum absolute atomic E-state index is 0.0999. The molecule has 1 saturated carbocycles. The van der Waals surface area contributed by atoms with Gasteiger partial charge in [0.05, 0.1) is 0 Å². The third-order valence-corrected chi connectivity index (χ3v) is 7.07. The lowest BCUT2D eigenvalue weighted by atomic mass is 10.1. The third-order valence-electron chi connectivity index (χ3n) is 5.18. The number of hydrogen-bond donors (Lipinski definition) is 1. The van der Waals surface area contributed by atoms with Crippen molar-refractivity contribution in [2.45, 2.75) is 36.2 Å². The zero-order valence-electron chi connectivity index (χ0n) is 16.9. The number of carbonyl (C=O) groups excluding carboxylic acids is 1. The lowest BCUT2D eigenvalue weighted by Gasteiger charge is -2.09. The first-order valence-electron chi connectivity index (χ1n) is 10.3. The molecule has 156 valence electrons. The second kappa shape index (κ2) is 9.08. The standard InChI is InChI=1S/C24H22N4OS2/c29-23(25-19-5-2-1-3-6-19)18-10-8-17(9-11-18)16-31-24-27-26-22(28(24)20-12-13-20)15-21-7-4-14-30-21/h1-11,14,20H,12-13,15-16H2,(H,25,29). The van der Waals surface area contributed by atoms with Gasteiger partial charge in [-0.25, -0.2) is 0 Å². The average molecular weight is 447 g/mol. The Morgan fingerprint density at radius 2 is 1.84 bits per heavy atom. The SMILES string of the molecule is O=C(Nc1ccccc1)c1ccc(CSc2nnc(Cc3cccs3)n2C2CC2)cc1. The number of nitrogens with zero attached hydrogens (tertiary/aromatic N) is 3. The van der Waals surface area contributed by atoms with Crippen molar-refractivity contribution in [3.05, 3.63) is 93.9 Å². The number of anilines is 1. The maximum Gasteiger partial charge on any atom is 0.255 e. The van der Waals surface area contributed by atoms with Gasteiger partial charge in [0.25, 0.3) is 5.91 Å². The number of amides is 1. The van der Waals surface area contributed by atoms with Gasteiger partial charge in [-0.3, -0.25) is 4.79 Å². The molecular formula is C24H22N4OS2. The maximum atomic E-state index is 12.4. The topological polar surface area (TPSA) is 59.8 Å². The lowest BCUT2D eigenvalue weighted by Crippen LogP contribution is -2.11. The van der Waals surface area contributed by atoms with E-state index in [9.17, 15) is 4.79 Å². The van der Waals surface area contributed by atoms with Crippen LogP contribution in [-0.2, 0) is 12.2 Å². The molecule has 7 heteroatoms. The first-order chi connectivity index (χ1) is 15.3. The first-order valence-corrected chi connectivity index (χ1v) is 12.2. The zero-order chi connectivity index (χ0) is 21.0. The minimum Gasteiger partial charge on any atom is -0.322 e.